The first-order valence-corrected chi connectivity index (χ1v) is 11.2. The zero-order valence-electron chi connectivity index (χ0n) is 16.0. The third-order valence-electron chi connectivity index (χ3n) is 5.16. The molecule has 0 aromatic heterocycles. The van der Waals surface area contributed by atoms with Crippen molar-refractivity contribution in [2.45, 2.75) is 32.6 Å². The fraction of sp³-hybridized carbons (Fsp3) is 0.632. The molecule has 0 aliphatic carbocycles. The minimum Gasteiger partial charge on any atom is -0.493 e. The van der Waals surface area contributed by atoms with Crippen molar-refractivity contribution in [1.82, 2.24) is 13.5 Å². The van der Waals surface area contributed by atoms with Crippen molar-refractivity contribution in [2.75, 3.05) is 45.9 Å². The Morgan fingerprint density at radius 3 is 2.15 bits per heavy atom. The highest BCUT2D eigenvalue weighted by atomic mass is 32.2. The predicted octanol–water partition coefficient (Wildman–Crippen LogP) is 1.96. The van der Waals surface area contributed by atoms with Crippen LogP contribution in [0.15, 0.2) is 24.3 Å². The second-order valence-corrected chi connectivity index (χ2v) is 8.87. The number of benzene rings is 1. The normalized spacial score (nSPS) is 20.3. The van der Waals surface area contributed by atoms with Crippen LogP contribution in [0.1, 0.15) is 43.0 Å². The van der Waals surface area contributed by atoms with Gasteiger partial charge in [0.05, 0.1) is 12.2 Å². The molecule has 0 saturated carbocycles. The Hall–Kier alpha value is -1.64. The van der Waals surface area contributed by atoms with Crippen LogP contribution < -0.4 is 4.74 Å². The van der Waals surface area contributed by atoms with E-state index in [1.165, 1.54) is 4.31 Å². The Morgan fingerprint density at radius 2 is 1.52 bits per heavy atom. The average molecular weight is 396 g/mol. The standard InChI is InChI=1S/C19H29N3O4S/c1-2-26-18-10-6-5-9-17(18)19(23)20-13-15-22(16-14-20)27(24,25)21-11-7-3-4-8-12-21/h5-6,9-10H,2-4,7-8,11-16H2,1H3. The lowest BCUT2D eigenvalue weighted by molar-refractivity contribution is 0.0690. The number of carbonyl (C=O) groups is 1. The lowest BCUT2D eigenvalue weighted by atomic mass is 10.1. The van der Waals surface area contributed by atoms with Crippen LogP contribution in [-0.4, -0.2) is 73.7 Å². The molecule has 0 spiro atoms. The molecule has 0 unspecified atom stereocenters. The van der Waals surface area contributed by atoms with Gasteiger partial charge < -0.3 is 9.64 Å². The molecule has 7 nitrogen and oxygen atoms in total. The summed E-state index contributed by atoms with van der Waals surface area (Å²) in [5.41, 5.74) is 0.531. The van der Waals surface area contributed by atoms with E-state index in [1.807, 2.05) is 19.1 Å². The van der Waals surface area contributed by atoms with E-state index in [0.717, 1.165) is 25.7 Å². The van der Waals surface area contributed by atoms with E-state index in [4.69, 9.17) is 4.74 Å². The monoisotopic (exact) mass is 395 g/mol. The minimum atomic E-state index is -3.43. The highest BCUT2D eigenvalue weighted by Crippen LogP contribution is 2.22. The van der Waals surface area contributed by atoms with E-state index in [1.54, 1.807) is 21.3 Å². The van der Waals surface area contributed by atoms with Crippen LogP contribution in [0.25, 0.3) is 0 Å². The molecule has 1 aromatic rings. The molecule has 2 fully saturated rings. The molecule has 2 aliphatic rings. The first-order valence-electron chi connectivity index (χ1n) is 9.80. The van der Waals surface area contributed by atoms with Crippen molar-refractivity contribution in [3.8, 4) is 5.75 Å². The van der Waals surface area contributed by atoms with Crippen LogP contribution in [0.4, 0.5) is 0 Å². The largest absolute Gasteiger partial charge is 0.493 e. The summed E-state index contributed by atoms with van der Waals surface area (Å²) in [4.78, 5) is 14.6. The molecular formula is C19H29N3O4S. The molecule has 1 amide bonds. The lowest BCUT2D eigenvalue weighted by Gasteiger charge is -2.36. The molecule has 27 heavy (non-hydrogen) atoms. The smallest absolute Gasteiger partial charge is 0.282 e. The number of hydrogen-bond donors (Lipinski definition) is 0. The molecule has 3 rings (SSSR count). The van der Waals surface area contributed by atoms with E-state index >= 15 is 0 Å². The maximum Gasteiger partial charge on any atom is 0.282 e. The zero-order chi connectivity index (χ0) is 19.3. The first-order chi connectivity index (χ1) is 13.0. The van der Waals surface area contributed by atoms with Gasteiger partial charge >= 0.3 is 0 Å². The van der Waals surface area contributed by atoms with Gasteiger partial charge in [-0.05, 0) is 31.9 Å². The Balaban J connectivity index is 1.64. The van der Waals surface area contributed by atoms with Gasteiger partial charge in [-0.3, -0.25) is 4.79 Å². The van der Waals surface area contributed by atoms with Crippen LogP contribution >= 0.6 is 0 Å². The van der Waals surface area contributed by atoms with E-state index in [0.29, 0.717) is 57.2 Å². The molecule has 2 aliphatic heterocycles. The minimum absolute atomic E-state index is 0.106. The van der Waals surface area contributed by atoms with Gasteiger partial charge in [0.15, 0.2) is 0 Å². The maximum atomic E-state index is 12.9. The summed E-state index contributed by atoms with van der Waals surface area (Å²) in [5, 5.41) is 0. The van der Waals surface area contributed by atoms with Gasteiger partial charge in [-0.1, -0.05) is 25.0 Å². The number of rotatable bonds is 5. The molecular weight excluding hydrogens is 366 g/mol. The third kappa shape index (κ3) is 4.62. The molecule has 2 saturated heterocycles. The van der Waals surface area contributed by atoms with E-state index < -0.39 is 10.2 Å². The summed E-state index contributed by atoms with van der Waals surface area (Å²) in [5.74, 6) is 0.468. The lowest BCUT2D eigenvalue weighted by Crippen LogP contribution is -2.54. The summed E-state index contributed by atoms with van der Waals surface area (Å²) in [7, 11) is -3.43. The number of piperazine rings is 1. The van der Waals surface area contributed by atoms with E-state index in [2.05, 4.69) is 0 Å². The highest BCUT2D eigenvalue weighted by Gasteiger charge is 2.34. The Kier molecular flexibility index (Phi) is 6.73. The van der Waals surface area contributed by atoms with Gasteiger partial charge in [0, 0.05) is 39.3 Å². The Morgan fingerprint density at radius 1 is 0.926 bits per heavy atom. The molecule has 0 N–H and O–H groups in total. The van der Waals surface area contributed by atoms with Gasteiger partial charge in [0.1, 0.15) is 5.75 Å². The van der Waals surface area contributed by atoms with Gasteiger partial charge in [0.25, 0.3) is 16.1 Å². The summed E-state index contributed by atoms with van der Waals surface area (Å²) in [6.45, 7) is 5.04. The first kappa shape index (κ1) is 20.1. The highest BCUT2D eigenvalue weighted by molar-refractivity contribution is 7.86. The second-order valence-electron chi connectivity index (χ2n) is 6.94. The van der Waals surface area contributed by atoms with Crippen molar-refractivity contribution in [3.05, 3.63) is 29.8 Å². The van der Waals surface area contributed by atoms with Gasteiger partial charge in [-0.15, -0.1) is 0 Å². The average Bonchev–Trinajstić information content (AvgIpc) is 2.98. The molecule has 0 bridgehead atoms. The van der Waals surface area contributed by atoms with Crippen molar-refractivity contribution in [2.24, 2.45) is 0 Å². The number of nitrogens with zero attached hydrogens (tertiary/aromatic N) is 3. The fourth-order valence-corrected chi connectivity index (χ4v) is 5.32. The summed E-state index contributed by atoms with van der Waals surface area (Å²) < 4.78 is 34.5. The van der Waals surface area contributed by atoms with Crippen LogP contribution in [0.2, 0.25) is 0 Å². The Bertz CT molecular complexity index is 737. The summed E-state index contributed by atoms with van der Waals surface area (Å²) >= 11 is 0. The fourth-order valence-electron chi connectivity index (χ4n) is 3.65. The number of para-hydroxylation sites is 1. The second kappa shape index (κ2) is 9.03. The number of carbonyl (C=O) groups excluding carboxylic acids is 1. The summed E-state index contributed by atoms with van der Waals surface area (Å²) in [6, 6.07) is 7.20. The molecule has 0 radical (unpaired) electrons. The quantitative estimate of drug-likeness (QED) is 0.764. The van der Waals surface area contributed by atoms with E-state index in [-0.39, 0.29) is 5.91 Å². The van der Waals surface area contributed by atoms with Crippen molar-refractivity contribution >= 4 is 16.1 Å². The van der Waals surface area contributed by atoms with Crippen LogP contribution in [0.5, 0.6) is 5.75 Å². The predicted molar refractivity (Wildman–Crippen MR) is 104 cm³/mol. The van der Waals surface area contributed by atoms with Crippen LogP contribution in [0.3, 0.4) is 0 Å². The van der Waals surface area contributed by atoms with Crippen molar-refractivity contribution in [1.29, 1.82) is 0 Å². The number of ether oxygens (including phenoxy) is 1. The van der Waals surface area contributed by atoms with Gasteiger partial charge in [-0.2, -0.15) is 17.0 Å². The molecule has 8 heteroatoms. The van der Waals surface area contributed by atoms with Crippen molar-refractivity contribution < 1.29 is 17.9 Å². The van der Waals surface area contributed by atoms with E-state index in [9.17, 15) is 13.2 Å². The molecule has 2 heterocycles. The molecule has 0 atom stereocenters. The molecule has 1 aromatic carbocycles. The number of hydrogen-bond acceptors (Lipinski definition) is 4. The van der Waals surface area contributed by atoms with Crippen LogP contribution in [0, 0.1) is 0 Å². The summed E-state index contributed by atoms with van der Waals surface area (Å²) in [6.07, 6.45) is 4.03. The van der Waals surface area contributed by atoms with Gasteiger partial charge in [0.2, 0.25) is 0 Å². The topological polar surface area (TPSA) is 70.2 Å². The van der Waals surface area contributed by atoms with Crippen molar-refractivity contribution in [3.63, 3.8) is 0 Å². The zero-order valence-corrected chi connectivity index (χ0v) is 16.8. The number of amides is 1. The Labute approximate surface area is 162 Å². The third-order valence-corrected chi connectivity index (χ3v) is 7.20. The maximum absolute atomic E-state index is 12.9. The molecule has 150 valence electrons. The SMILES string of the molecule is CCOc1ccccc1C(=O)N1CCN(S(=O)(=O)N2CCCCCC2)CC1. The van der Waals surface area contributed by atoms with Crippen LogP contribution in [-0.2, 0) is 10.2 Å². The van der Waals surface area contributed by atoms with Gasteiger partial charge in [-0.25, -0.2) is 0 Å².